The van der Waals surface area contributed by atoms with Gasteiger partial charge >= 0.3 is 0 Å². The van der Waals surface area contributed by atoms with Crippen molar-refractivity contribution in [3.05, 3.63) is 83.1 Å². The number of hydrogen-bond acceptors (Lipinski definition) is 1. The van der Waals surface area contributed by atoms with Crippen LogP contribution in [0.25, 0.3) is 0 Å². The van der Waals surface area contributed by atoms with Crippen LogP contribution in [0, 0.1) is 0 Å². The van der Waals surface area contributed by atoms with E-state index in [0.717, 1.165) is 18.3 Å². The second kappa shape index (κ2) is 9.41. The molecule has 2 saturated carbocycles. The molecule has 0 saturated heterocycles. The van der Waals surface area contributed by atoms with Crippen molar-refractivity contribution < 1.29 is 0 Å². The molecule has 2 aliphatic carbocycles. The minimum atomic E-state index is 0.417. The van der Waals surface area contributed by atoms with Gasteiger partial charge in [0.05, 0.1) is 0 Å². The average molecular weight is 400 g/mol. The zero-order valence-corrected chi connectivity index (χ0v) is 18.4. The Hall–Kier alpha value is -2.02. The molecule has 0 aromatic heterocycles. The zero-order chi connectivity index (χ0) is 20.2. The Morgan fingerprint density at radius 3 is 1.47 bits per heavy atom. The predicted octanol–water partition coefficient (Wildman–Crippen LogP) is 7.79. The molecular formula is C29H37N. The summed E-state index contributed by atoms with van der Waals surface area (Å²) in [6.07, 6.45) is 19.5. The van der Waals surface area contributed by atoms with Crippen LogP contribution in [-0.2, 0) is 0 Å². The molecule has 0 spiro atoms. The Bertz CT molecular complexity index is 750. The van der Waals surface area contributed by atoms with E-state index in [1.54, 1.807) is 11.1 Å². The predicted molar refractivity (Wildman–Crippen MR) is 127 cm³/mol. The molecule has 1 unspecified atom stereocenters. The lowest BCUT2D eigenvalue weighted by atomic mass is 9.80. The van der Waals surface area contributed by atoms with Gasteiger partial charge in [-0.3, -0.25) is 0 Å². The fourth-order valence-corrected chi connectivity index (χ4v) is 6.19. The first kappa shape index (κ1) is 19.9. The van der Waals surface area contributed by atoms with E-state index < -0.39 is 0 Å². The highest BCUT2D eigenvalue weighted by Crippen LogP contribution is 2.37. The molecular weight excluding hydrogens is 362 g/mol. The number of nitrogens with one attached hydrogen (secondary N) is 1. The maximum absolute atomic E-state index is 3.63. The van der Waals surface area contributed by atoms with Gasteiger partial charge < -0.3 is 5.32 Å². The molecule has 5 rings (SSSR count). The van der Waals surface area contributed by atoms with Crippen LogP contribution in [0.4, 0.5) is 0 Å². The summed E-state index contributed by atoms with van der Waals surface area (Å²) in [5.41, 5.74) is 6.03. The van der Waals surface area contributed by atoms with Crippen molar-refractivity contribution in [1.29, 1.82) is 0 Å². The molecule has 30 heavy (non-hydrogen) atoms. The largest absolute Gasteiger partial charge is 0.387 e. The van der Waals surface area contributed by atoms with Gasteiger partial charge in [-0.05, 0) is 72.4 Å². The number of hydrogen-bond donors (Lipinski definition) is 1. The molecule has 1 nitrogen and oxygen atoms in total. The molecule has 1 heterocycles. The molecule has 2 fully saturated rings. The highest BCUT2D eigenvalue weighted by molar-refractivity contribution is 5.39. The molecule has 0 amide bonds. The third-order valence-electron chi connectivity index (χ3n) is 7.96. The minimum Gasteiger partial charge on any atom is -0.387 e. The summed E-state index contributed by atoms with van der Waals surface area (Å²) in [7, 11) is 0. The fourth-order valence-electron chi connectivity index (χ4n) is 6.19. The smallest absolute Gasteiger partial charge is 0.0399 e. The first-order valence-corrected chi connectivity index (χ1v) is 12.5. The first-order chi connectivity index (χ1) is 14.9. The number of benzene rings is 2. The van der Waals surface area contributed by atoms with Crippen LogP contribution in [0.1, 0.15) is 111 Å². The third-order valence-corrected chi connectivity index (χ3v) is 7.96. The Morgan fingerprint density at radius 1 is 0.600 bits per heavy atom. The quantitative estimate of drug-likeness (QED) is 0.541. The van der Waals surface area contributed by atoms with E-state index in [4.69, 9.17) is 0 Å². The van der Waals surface area contributed by atoms with Gasteiger partial charge in [-0.25, -0.2) is 0 Å². The number of rotatable bonds is 5. The summed E-state index contributed by atoms with van der Waals surface area (Å²) in [5.74, 6) is 1.99. The van der Waals surface area contributed by atoms with Crippen molar-refractivity contribution >= 4 is 0 Å². The molecule has 158 valence electrons. The van der Waals surface area contributed by atoms with Gasteiger partial charge in [0.15, 0.2) is 0 Å². The maximum Gasteiger partial charge on any atom is 0.0399 e. The van der Waals surface area contributed by atoms with E-state index in [-0.39, 0.29) is 0 Å². The van der Waals surface area contributed by atoms with Crippen molar-refractivity contribution in [3.8, 4) is 0 Å². The van der Waals surface area contributed by atoms with Gasteiger partial charge in [-0.1, -0.05) is 93.1 Å². The second-order valence-corrected chi connectivity index (χ2v) is 9.89. The first-order valence-electron chi connectivity index (χ1n) is 12.5. The van der Waals surface area contributed by atoms with E-state index in [1.807, 2.05) is 0 Å². The normalized spacial score (nSPS) is 23.0. The molecule has 1 N–H and O–H groups in total. The summed E-state index contributed by atoms with van der Waals surface area (Å²) < 4.78 is 0. The summed E-state index contributed by atoms with van der Waals surface area (Å²) in [4.78, 5) is 0. The van der Waals surface area contributed by atoms with Gasteiger partial charge in [0.2, 0.25) is 0 Å². The Labute approximate surface area is 183 Å². The van der Waals surface area contributed by atoms with Crippen LogP contribution in [0.2, 0.25) is 0 Å². The Kier molecular flexibility index (Phi) is 6.25. The fraction of sp³-hybridized carbons (Fsp3) is 0.517. The summed E-state index contributed by atoms with van der Waals surface area (Å²) in [5, 5.41) is 3.63. The van der Waals surface area contributed by atoms with Crippen LogP contribution in [0.3, 0.4) is 0 Å². The third kappa shape index (κ3) is 4.36. The van der Waals surface area contributed by atoms with Crippen LogP contribution >= 0.6 is 0 Å². The molecule has 2 aromatic carbocycles. The molecule has 0 bridgehead atoms. The molecule has 0 radical (unpaired) electrons. The van der Waals surface area contributed by atoms with Crippen molar-refractivity contribution in [2.24, 2.45) is 0 Å². The molecule has 1 atom stereocenters. The van der Waals surface area contributed by atoms with Crippen LogP contribution in [0.15, 0.2) is 60.8 Å². The van der Waals surface area contributed by atoms with Crippen LogP contribution in [-0.4, -0.2) is 6.04 Å². The summed E-state index contributed by atoms with van der Waals surface area (Å²) in [6, 6.07) is 19.9. The standard InChI is InChI=1S/C29H37N/c1-3-8-22(9-4-1)24-13-17-26(18-14-24)29(28-12-7-21-30-28)27-19-15-25(16-20-27)23-10-5-2-6-11-23/h7,13-23,28-30H,1-6,8-12H2. The lowest BCUT2D eigenvalue weighted by molar-refractivity contribution is 0.443. The Morgan fingerprint density at radius 2 is 1.07 bits per heavy atom. The monoisotopic (exact) mass is 399 g/mol. The molecule has 2 aromatic rings. The lowest BCUT2D eigenvalue weighted by Crippen LogP contribution is -2.28. The van der Waals surface area contributed by atoms with E-state index in [2.05, 4.69) is 66.1 Å². The lowest BCUT2D eigenvalue weighted by Gasteiger charge is -2.28. The van der Waals surface area contributed by atoms with E-state index in [1.165, 1.54) is 75.3 Å². The maximum atomic E-state index is 3.63. The SMILES string of the molecule is C1=CNC(C(c2ccc(C3CCCCC3)cc2)c2ccc(C3CCCCC3)cc2)C1. The van der Waals surface area contributed by atoms with Crippen molar-refractivity contribution in [3.63, 3.8) is 0 Å². The minimum absolute atomic E-state index is 0.417. The zero-order valence-electron chi connectivity index (χ0n) is 18.4. The van der Waals surface area contributed by atoms with E-state index >= 15 is 0 Å². The highest BCUT2D eigenvalue weighted by Gasteiger charge is 2.26. The molecule has 3 aliphatic rings. The van der Waals surface area contributed by atoms with Crippen LogP contribution in [0.5, 0.6) is 0 Å². The van der Waals surface area contributed by atoms with Gasteiger partial charge in [-0.2, -0.15) is 0 Å². The van der Waals surface area contributed by atoms with Crippen molar-refractivity contribution in [2.75, 3.05) is 0 Å². The van der Waals surface area contributed by atoms with E-state index in [9.17, 15) is 0 Å². The molecule has 1 aliphatic heterocycles. The van der Waals surface area contributed by atoms with E-state index in [0.29, 0.717) is 12.0 Å². The van der Waals surface area contributed by atoms with Crippen molar-refractivity contribution in [2.45, 2.75) is 94.4 Å². The highest BCUT2D eigenvalue weighted by atomic mass is 14.9. The average Bonchev–Trinajstić information content (AvgIpc) is 3.36. The summed E-state index contributed by atoms with van der Waals surface area (Å²) in [6.45, 7) is 0. The van der Waals surface area contributed by atoms with Gasteiger partial charge in [0.25, 0.3) is 0 Å². The summed E-state index contributed by atoms with van der Waals surface area (Å²) >= 11 is 0. The van der Waals surface area contributed by atoms with Gasteiger partial charge in [0, 0.05) is 12.0 Å². The van der Waals surface area contributed by atoms with Gasteiger partial charge in [-0.15, -0.1) is 0 Å². The Balaban J connectivity index is 1.38. The van der Waals surface area contributed by atoms with Gasteiger partial charge in [0.1, 0.15) is 0 Å². The van der Waals surface area contributed by atoms with Crippen molar-refractivity contribution in [1.82, 2.24) is 5.32 Å². The van der Waals surface area contributed by atoms with Crippen LogP contribution < -0.4 is 5.32 Å². The second-order valence-electron chi connectivity index (χ2n) is 9.89. The molecule has 1 heteroatoms. The topological polar surface area (TPSA) is 12.0 Å².